The summed E-state index contributed by atoms with van der Waals surface area (Å²) in [6.45, 7) is 6.12. The standard InChI is InChI=1S/C12H19NO/c1-9(2)12(14)5-4-11-6-10(3)7-13-8-11/h6-9,12,14H,4-5H2,1-3H3. The predicted octanol–water partition coefficient (Wildman–Crippen LogP) is 2.34. The molecule has 2 heteroatoms. The number of rotatable bonds is 4. The van der Waals surface area contributed by atoms with Crippen molar-refractivity contribution < 1.29 is 5.11 Å². The first kappa shape index (κ1) is 11.2. The highest BCUT2D eigenvalue weighted by molar-refractivity contribution is 5.16. The van der Waals surface area contributed by atoms with E-state index < -0.39 is 0 Å². The zero-order chi connectivity index (χ0) is 10.6. The summed E-state index contributed by atoms with van der Waals surface area (Å²) in [7, 11) is 0. The topological polar surface area (TPSA) is 33.1 Å². The molecule has 0 radical (unpaired) electrons. The summed E-state index contributed by atoms with van der Waals surface area (Å²) in [4.78, 5) is 4.13. The van der Waals surface area contributed by atoms with Gasteiger partial charge in [-0.05, 0) is 36.8 Å². The molecule has 1 heterocycles. The van der Waals surface area contributed by atoms with Crippen LogP contribution in [0, 0.1) is 12.8 Å². The van der Waals surface area contributed by atoms with E-state index >= 15 is 0 Å². The number of aromatic nitrogens is 1. The monoisotopic (exact) mass is 193 g/mol. The van der Waals surface area contributed by atoms with Gasteiger partial charge < -0.3 is 5.11 Å². The van der Waals surface area contributed by atoms with Crippen LogP contribution in [0.1, 0.15) is 31.4 Å². The second kappa shape index (κ2) is 5.11. The summed E-state index contributed by atoms with van der Waals surface area (Å²) in [6, 6.07) is 2.13. The fourth-order valence-corrected chi connectivity index (χ4v) is 1.40. The van der Waals surface area contributed by atoms with E-state index in [9.17, 15) is 5.11 Å². The molecule has 0 aliphatic heterocycles. The minimum atomic E-state index is -0.199. The van der Waals surface area contributed by atoms with Gasteiger partial charge in [0, 0.05) is 12.4 Å². The molecule has 1 unspecified atom stereocenters. The van der Waals surface area contributed by atoms with Crippen molar-refractivity contribution in [2.24, 2.45) is 5.92 Å². The molecule has 0 aliphatic rings. The lowest BCUT2D eigenvalue weighted by Crippen LogP contribution is -2.15. The maximum atomic E-state index is 9.64. The fourth-order valence-electron chi connectivity index (χ4n) is 1.40. The third kappa shape index (κ3) is 3.46. The minimum Gasteiger partial charge on any atom is -0.393 e. The molecule has 1 N–H and O–H groups in total. The van der Waals surface area contributed by atoms with Gasteiger partial charge in [-0.2, -0.15) is 0 Å². The Kier molecular flexibility index (Phi) is 4.08. The lowest BCUT2D eigenvalue weighted by molar-refractivity contribution is 0.116. The van der Waals surface area contributed by atoms with Crippen LogP contribution in [0.15, 0.2) is 18.5 Å². The van der Waals surface area contributed by atoms with Gasteiger partial charge in [-0.3, -0.25) is 4.98 Å². The molecule has 0 saturated carbocycles. The van der Waals surface area contributed by atoms with Gasteiger partial charge in [-0.1, -0.05) is 19.9 Å². The van der Waals surface area contributed by atoms with Crippen molar-refractivity contribution >= 4 is 0 Å². The van der Waals surface area contributed by atoms with Crippen LogP contribution in [0.2, 0.25) is 0 Å². The molecule has 0 aromatic carbocycles. The Balaban J connectivity index is 2.45. The summed E-state index contributed by atoms with van der Waals surface area (Å²) in [6.07, 6.45) is 5.26. The molecule has 0 aliphatic carbocycles. The molecule has 1 rings (SSSR count). The Morgan fingerprint density at radius 2 is 2.07 bits per heavy atom. The second-order valence-corrected chi connectivity index (χ2v) is 4.22. The van der Waals surface area contributed by atoms with Crippen LogP contribution in [0.3, 0.4) is 0 Å². The predicted molar refractivity (Wildman–Crippen MR) is 58.1 cm³/mol. The zero-order valence-corrected chi connectivity index (χ0v) is 9.20. The van der Waals surface area contributed by atoms with Crippen molar-refractivity contribution in [1.82, 2.24) is 4.98 Å². The normalized spacial score (nSPS) is 13.2. The Labute approximate surface area is 86.0 Å². The highest BCUT2D eigenvalue weighted by Gasteiger charge is 2.08. The average Bonchev–Trinajstić information content (AvgIpc) is 2.14. The number of pyridine rings is 1. The fraction of sp³-hybridized carbons (Fsp3) is 0.583. The highest BCUT2D eigenvalue weighted by Crippen LogP contribution is 2.11. The number of hydrogen-bond donors (Lipinski definition) is 1. The van der Waals surface area contributed by atoms with Gasteiger partial charge in [0.15, 0.2) is 0 Å². The van der Waals surface area contributed by atoms with Gasteiger partial charge in [0.05, 0.1) is 6.10 Å². The minimum absolute atomic E-state index is 0.199. The third-order valence-electron chi connectivity index (χ3n) is 2.43. The van der Waals surface area contributed by atoms with E-state index in [1.54, 1.807) is 0 Å². The van der Waals surface area contributed by atoms with E-state index in [1.165, 1.54) is 11.1 Å². The summed E-state index contributed by atoms with van der Waals surface area (Å²) in [5, 5.41) is 9.64. The van der Waals surface area contributed by atoms with Gasteiger partial charge >= 0.3 is 0 Å². The molecule has 0 amide bonds. The first-order valence-corrected chi connectivity index (χ1v) is 5.18. The first-order chi connectivity index (χ1) is 6.59. The number of hydrogen-bond acceptors (Lipinski definition) is 2. The van der Waals surface area contributed by atoms with Crippen molar-refractivity contribution in [1.29, 1.82) is 0 Å². The molecule has 0 saturated heterocycles. The Bertz CT molecular complexity index is 283. The SMILES string of the molecule is Cc1cncc(CCC(O)C(C)C)c1. The molecule has 0 bridgehead atoms. The maximum absolute atomic E-state index is 9.64. The van der Waals surface area contributed by atoms with Crippen molar-refractivity contribution in [3.8, 4) is 0 Å². The number of aliphatic hydroxyl groups is 1. The molecular weight excluding hydrogens is 174 g/mol. The van der Waals surface area contributed by atoms with Crippen LogP contribution in [0.5, 0.6) is 0 Å². The van der Waals surface area contributed by atoms with Crippen molar-refractivity contribution in [2.75, 3.05) is 0 Å². The van der Waals surface area contributed by atoms with E-state index in [2.05, 4.69) is 11.1 Å². The van der Waals surface area contributed by atoms with E-state index in [4.69, 9.17) is 0 Å². The van der Waals surface area contributed by atoms with E-state index in [1.807, 2.05) is 33.2 Å². The van der Waals surface area contributed by atoms with E-state index in [0.29, 0.717) is 5.92 Å². The molecular formula is C12H19NO. The summed E-state index contributed by atoms with van der Waals surface area (Å²) in [5.74, 6) is 0.341. The van der Waals surface area contributed by atoms with Crippen LogP contribution in [0.25, 0.3) is 0 Å². The summed E-state index contributed by atoms with van der Waals surface area (Å²) >= 11 is 0. The van der Waals surface area contributed by atoms with Crippen molar-refractivity contribution in [3.05, 3.63) is 29.6 Å². The van der Waals surface area contributed by atoms with E-state index in [0.717, 1.165) is 12.8 Å². The number of aryl methyl sites for hydroxylation is 2. The second-order valence-electron chi connectivity index (χ2n) is 4.22. The molecule has 78 valence electrons. The Morgan fingerprint density at radius 3 is 2.64 bits per heavy atom. The van der Waals surface area contributed by atoms with Crippen LogP contribution in [-0.4, -0.2) is 16.2 Å². The summed E-state index contributed by atoms with van der Waals surface area (Å²) < 4.78 is 0. The maximum Gasteiger partial charge on any atom is 0.0566 e. The third-order valence-corrected chi connectivity index (χ3v) is 2.43. The smallest absolute Gasteiger partial charge is 0.0566 e. The Morgan fingerprint density at radius 1 is 1.36 bits per heavy atom. The van der Waals surface area contributed by atoms with Gasteiger partial charge in [0.2, 0.25) is 0 Å². The lowest BCUT2D eigenvalue weighted by atomic mass is 10.00. The average molecular weight is 193 g/mol. The lowest BCUT2D eigenvalue weighted by Gasteiger charge is -2.13. The quantitative estimate of drug-likeness (QED) is 0.796. The van der Waals surface area contributed by atoms with Crippen molar-refractivity contribution in [3.63, 3.8) is 0 Å². The molecule has 0 spiro atoms. The van der Waals surface area contributed by atoms with Crippen LogP contribution < -0.4 is 0 Å². The Hall–Kier alpha value is -0.890. The van der Waals surface area contributed by atoms with Gasteiger partial charge in [-0.25, -0.2) is 0 Å². The van der Waals surface area contributed by atoms with Gasteiger partial charge in [0.1, 0.15) is 0 Å². The summed E-state index contributed by atoms with van der Waals surface area (Å²) in [5.41, 5.74) is 2.39. The van der Waals surface area contributed by atoms with Crippen molar-refractivity contribution in [2.45, 2.75) is 39.7 Å². The molecule has 1 atom stereocenters. The van der Waals surface area contributed by atoms with Crippen LogP contribution in [0.4, 0.5) is 0 Å². The van der Waals surface area contributed by atoms with E-state index in [-0.39, 0.29) is 6.10 Å². The molecule has 0 fully saturated rings. The van der Waals surface area contributed by atoms with Gasteiger partial charge in [0.25, 0.3) is 0 Å². The largest absolute Gasteiger partial charge is 0.393 e. The molecule has 1 aromatic rings. The van der Waals surface area contributed by atoms with Crippen LogP contribution in [-0.2, 0) is 6.42 Å². The number of aliphatic hydroxyl groups excluding tert-OH is 1. The molecule has 2 nitrogen and oxygen atoms in total. The zero-order valence-electron chi connectivity index (χ0n) is 9.20. The highest BCUT2D eigenvalue weighted by atomic mass is 16.3. The van der Waals surface area contributed by atoms with Gasteiger partial charge in [-0.15, -0.1) is 0 Å². The van der Waals surface area contributed by atoms with Crippen LogP contribution >= 0.6 is 0 Å². The number of nitrogens with zero attached hydrogens (tertiary/aromatic N) is 1. The first-order valence-electron chi connectivity index (χ1n) is 5.18. The molecule has 1 aromatic heterocycles. The molecule has 14 heavy (non-hydrogen) atoms.